The molecule has 6 atom stereocenters. The molecule has 36 heavy (non-hydrogen) atoms. The van der Waals surface area contributed by atoms with E-state index in [1.807, 2.05) is 0 Å². The number of hydrogen-bond acceptors (Lipinski definition) is 8. The number of cyclic esters (lactones) is 1. The maximum absolute atomic E-state index is 12.7. The molecule has 0 radical (unpaired) electrons. The number of amides is 2. The van der Waals surface area contributed by atoms with E-state index in [1.54, 1.807) is 13.0 Å². The van der Waals surface area contributed by atoms with Crippen LogP contribution in [-0.2, 0) is 19.1 Å². The molecule has 2 saturated heterocycles. The van der Waals surface area contributed by atoms with E-state index >= 15 is 0 Å². The molecule has 3 heterocycles. The van der Waals surface area contributed by atoms with E-state index in [-0.39, 0.29) is 22.4 Å². The zero-order chi connectivity index (χ0) is 26.3. The lowest BCUT2D eigenvalue weighted by Gasteiger charge is -2.39. The van der Waals surface area contributed by atoms with Gasteiger partial charge in [-0.25, -0.2) is 14.4 Å². The van der Waals surface area contributed by atoms with Crippen LogP contribution in [0.1, 0.15) is 30.6 Å². The maximum Gasteiger partial charge on any atom is 0.415 e. The van der Waals surface area contributed by atoms with Crippen LogP contribution < -0.4 is 10.6 Å². The molecule has 3 aliphatic rings. The monoisotopic (exact) mass is 519 g/mol. The van der Waals surface area contributed by atoms with Crippen LogP contribution in [0, 0.1) is 11.8 Å². The molecule has 5 N–H and O–H groups in total. The molecule has 1 aromatic rings. The average Bonchev–Trinajstić information content (AvgIpc) is 3.38. The first-order chi connectivity index (χ1) is 17.0. The van der Waals surface area contributed by atoms with Gasteiger partial charge in [0.25, 0.3) is 0 Å². The van der Waals surface area contributed by atoms with Gasteiger partial charge in [-0.15, -0.1) is 11.8 Å². The number of carbonyl (C=O) groups is 5. The van der Waals surface area contributed by atoms with Gasteiger partial charge >= 0.3 is 24.0 Å². The molecule has 12 nitrogen and oxygen atoms in total. The van der Waals surface area contributed by atoms with E-state index in [1.165, 1.54) is 36.9 Å². The van der Waals surface area contributed by atoms with E-state index < -0.39 is 54.0 Å². The third-order valence-corrected chi connectivity index (χ3v) is 8.13. The SMILES string of the molecule is C[C@H]1OC(=O)N2C(C(=O)O)=C(S[C@@H]3CN[C@H](C(=O)Nc4cccc(C(=O)O)c4)C3)[C@H](C)[C@@H]2[C@@H]1C(=O)O. The molecule has 3 aliphatic heterocycles. The van der Waals surface area contributed by atoms with E-state index in [0.29, 0.717) is 23.6 Å². The molecular weight excluding hydrogens is 494 g/mol. The first kappa shape index (κ1) is 25.5. The van der Waals surface area contributed by atoms with Gasteiger partial charge in [0.15, 0.2) is 0 Å². The third-order valence-electron chi connectivity index (χ3n) is 6.62. The zero-order valence-electron chi connectivity index (χ0n) is 19.3. The van der Waals surface area contributed by atoms with E-state index in [9.17, 15) is 34.2 Å². The normalized spacial score (nSPS) is 29.5. The second-order valence-corrected chi connectivity index (χ2v) is 10.3. The summed E-state index contributed by atoms with van der Waals surface area (Å²) in [6.45, 7) is 3.54. The van der Waals surface area contributed by atoms with Crippen molar-refractivity contribution < 1.29 is 44.0 Å². The van der Waals surface area contributed by atoms with Crippen molar-refractivity contribution >= 4 is 47.4 Å². The summed E-state index contributed by atoms with van der Waals surface area (Å²) in [5.74, 6) is -5.70. The first-order valence-electron chi connectivity index (χ1n) is 11.2. The van der Waals surface area contributed by atoms with Crippen LogP contribution in [0.3, 0.4) is 0 Å². The van der Waals surface area contributed by atoms with E-state index in [4.69, 9.17) is 9.84 Å². The third kappa shape index (κ3) is 4.63. The van der Waals surface area contributed by atoms with Crippen molar-refractivity contribution in [2.24, 2.45) is 11.8 Å². The molecule has 0 bridgehead atoms. The summed E-state index contributed by atoms with van der Waals surface area (Å²) >= 11 is 1.21. The van der Waals surface area contributed by atoms with Gasteiger partial charge in [0.2, 0.25) is 5.91 Å². The van der Waals surface area contributed by atoms with Crippen LogP contribution >= 0.6 is 11.8 Å². The number of carboxylic acid groups (broad SMARTS) is 3. The molecule has 192 valence electrons. The lowest BCUT2D eigenvalue weighted by atomic mass is 9.86. The number of anilines is 1. The number of nitrogens with zero attached hydrogens (tertiary/aromatic N) is 1. The predicted molar refractivity (Wildman–Crippen MR) is 126 cm³/mol. The highest BCUT2D eigenvalue weighted by Gasteiger charge is 2.56. The highest BCUT2D eigenvalue weighted by molar-refractivity contribution is 8.03. The largest absolute Gasteiger partial charge is 0.481 e. The number of nitrogens with one attached hydrogen (secondary N) is 2. The number of hydrogen-bond donors (Lipinski definition) is 5. The average molecular weight is 520 g/mol. The molecule has 2 amide bonds. The molecule has 4 rings (SSSR count). The molecule has 0 aliphatic carbocycles. The Morgan fingerprint density at radius 3 is 2.50 bits per heavy atom. The van der Waals surface area contributed by atoms with E-state index in [2.05, 4.69) is 10.6 Å². The lowest BCUT2D eigenvalue weighted by Crippen LogP contribution is -2.56. The summed E-state index contributed by atoms with van der Waals surface area (Å²) in [5.41, 5.74) is 0.0781. The predicted octanol–water partition coefficient (Wildman–Crippen LogP) is 1.64. The van der Waals surface area contributed by atoms with Gasteiger partial charge < -0.3 is 30.7 Å². The Balaban J connectivity index is 1.49. The van der Waals surface area contributed by atoms with Gasteiger partial charge in [0.1, 0.15) is 17.7 Å². The number of carbonyl (C=O) groups excluding carboxylic acids is 2. The number of carboxylic acids is 3. The van der Waals surface area contributed by atoms with Gasteiger partial charge in [-0.05, 0) is 31.5 Å². The molecule has 0 aromatic heterocycles. The summed E-state index contributed by atoms with van der Waals surface area (Å²) in [7, 11) is 0. The smallest absolute Gasteiger partial charge is 0.415 e. The Labute approximate surface area is 209 Å². The van der Waals surface area contributed by atoms with Crippen molar-refractivity contribution in [2.45, 2.75) is 43.7 Å². The summed E-state index contributed by atoms with van der Waals surface area (Å²) in [4.78, 5) is 61.9. The number of ether oxygens (including phenoxy) is 1. The van der Waals surface area contributed by atoms with Crippen LogP contribution in [-0.4, -0.2) is 80.1 Å². The van der Waals surface area contributed by atoms with Crippen molar-refractivity contribution in [1.29, 1.82) is 0 Å². The van der Waals surface area contributed by atoms with E-state index in [0.717, 1.165) is 4.90 Å². The number of thioether (sulfide) groups is 1. The van der Waals surface area contributed by atoms with Gasteiger partial charge in [-0.3, -0.25) is 14.5 Å². The Kier molecular flexibility index (Phi) is 6.96. The molecule has 2 fully saturated rings. The minimum absolute atomic E-state index is 0.0351. The van der Waals surface area contributed by atoms with Crippen LogP contribution in [0.4, 0.5) is 10.5 Å². The minimum atomic E-state index is -1.36. The van der Waals surface area contributed by atoms with Crippen molar-refractivity contribution in [3.8, 4) is 0 Å². The Morgan fingerprint density at radius 2 is 1.86 bits per heavy atom. The number of aliphatic carboxylic acids is 2. The van der Waals surface area contributed by atoms with Crippen molar-refractivity contribution in [3.63, 3.8) is 0 Å². The zero-order valence-corrected chi connectivity index (χ0v) is 20.2. The van der Waals surface area contributed by atoms with Crippen LogP contribution in [0.15, 0.2) is 34.9 Å². The fourth-order valence-electron chi connectivity index (χ4n) is 4.96. The minimum Gasteiger partial charge on any atom is -0.481 e. The van der Waals surface area contributed by atoms with Crippen LogP contribution in [0.2, 0.25) is 0 Å². The van der Waals surface area contributed by atoms with Crippen LogP contribution in [0.25, 0.3) is 0 Å². The topological polar surface area (TPSA) is 183 Å². The van der Waals surface area contributed by atoms with Crippen molar-refractivity contribution in [3.05, 3.63) is 40.4 Å². The van der Waals surface area contributed by atoms with Crippen molar-refractivity contribution in [2.75, 3.05) is 11.9 Å². The van der Waals surface area contributed by atoms with Gasteiger partial charge in [0.05, 0.1) is 17.6 Å². The van der Waals surface area contributed by atoms with Crippen molar-refractivity contribution in [1.82, 2.24) is 10.2 Å². The second-order valence-electron chi connectivity index (χ2n) is 8.93. The molecule has 0 saturated carbocycles. The second kappa shape index (κ2) is 9.82. The Hall–Kier alpha value is -3.58. The van der Waals surface area contributed by atoms with Gasteiger partial charge in [0, 0.05) is 28.3 Å². The Morgan fingerprint density at radius 1 is 1.14 bits per heavy atom. The maximum atomic E-state index is 12.7. The number of aromatic carboxylic acids is 1. The first-order valence-corrected chi connectivity index (χ1v) is 12.1. The molecule has 0 unspecified atom stereocenters. The van der Waals surface area contributed by atoms with Gasteiger partial charge in [-0.1, -0.05) is 13.0 Å². The number of fused-ring (bicyclic) bond motifs is 1. The summed E-state index contributed by atoms with van der Waals surface area (Å²) in [6.07, 6.45) is -1.47. The highest BCUT2D eigenvalue weighted by atomic mass is 32.2. The molecule has 1 aromatic carbocycles. The standard InChI is InChI=1S/C23H25N3O9S/c1-9-16-15(21(30)31)10(2)35-23(34)26(16)17(22(32)33)18(9)36-13-7-14(24-8-13)19(27)25-12-5-3-4-11(6-12)20(28)29/h3-6,9-10,13-16,24H,7-8H2,1-2H3,(H,25,27)(H,28,29)(H,30,31)(H,32,33)/t9-,10-,13+,14+,15-,16-/m1/s1. The Bertz CT molecular complexity index is 1170. The highest BCUT2D eigenvalue weighted by Crippen LogP contribution is 2.48. The molecule has 13 heteroatoms. The summed E-state index contributed by atoms with van der Waals surface area (Å²) in [5, 5.41) is 34.3. The fourth-order valence-corrected chi connectivity index (χ4v) is 6.44. The number of rotatable bonds is 7. The molecular formula is C23H25N3O9S. The summed E-state index contributed by atoms with van der Waals surface area (Å²) < 4.78 is 5.15. The summed E-state index contributed by atoms with van der Waals surface area (Å²) in [6, 6.07) is 4.34. The lowest BCUT2D eigenvalue weighted by molar-refractivity contribution is -0.153. The fraction of sp³-hybridized carbons (Fsp3) is 0.435. The van der Waals surface area contributed by atoms with Crippen LogP contribution in [0.5, 0.6) is 0 Å². The molecule has 0 spiro atoms. The van der Waals surface area contributed by atoms with Gasteiger partial charge in [-0.2, -0.15) is 0 Å². The quantitative estimate of drug-likeness (QED) is 0.353. The number of benzene rings is 1.